The first kappa shape index (κ1) is 27.0. The lowest BCUT2D eigenvalue weighted by atomic mass is 9.41. The Labute approximate surface area is 223 Å². The lowest BCUT2D eigenvalue weighted by Gasteiger charge is -2.64. The molecule has 206 valence electrons. The summed E-state index contributed by atoms with van der Waals surface area (Å²) in [4.78, 5) is 11.3. The molecule has 0 amide bonds. The summed E-state index contributed by atoms with van der Waals surface area (Å²) < 4.78 is 5.98. The van der Waals surface area contributed by atoms with Gasteiger partial charge in [-0.2, -0.15) is 0 Å². The molecule has 5 rings (SSSR count). The molecule has 0 aromatic heterocycles. The molecular weight excluding hydrogens is 464 g/mol. The van der Waals surface area contributed by atoms with Crippen molar-refractivity contribution in [3.05, 3.63) is 29.8 Å². The highest BCUT2D eigenvalue weighted by molar-refractivity contribution is 5.87. The molecule has 1 aromatic carbocycles. The van der Waals surface area contributed by atoms with Gasteiger partial charge in [0.1, 0.15) is 5.75 Å². The number of ether oxygens (including phenoxy) is 1. The van der Waals surface area contributed by atoms with Gasteiger partial charge in [-0.15, -0.1) is 0 Å². The maximum atomic E-state index is 11.9. The Balaban J connectivity index is 1.29. The lowest BCUT2D eigenvalue weighted by molar-refractivity contribution is -0.203. The summed E-state index contributed by atoms with van der Waals surface area (Å²) in [5, 5.41) is 31.6. The van der Waals surface area contributed by atoms with Gasteiger partial charge in [0.05, 0.1) is 24.4 Å². The Morgan fingerprint density at radius 3 is 2.51 bits per heavy atom. The van der Waals surface area contributed by atoms with Gasteiger partial charge in [-0.1, -0.05) is 40.2 Å². The normalized spacial score (nSPS) is 43.8. The smallest absolute Gasteiger partial charge is 0.335 e. The summed E-state index contributed by atoms with van der Waals surface area (Å²) in [7, 11) is 0. The molecule has 0 bridgehead atoms. The minimum absolute atomic E-state index is 0.199. The molecule has 11 atom stereocenters. The van der Waals surface area contributed by atoms with Crippen molar-refractivity contribution in [2.24, 2.45) is 52.3 Å². The fourth-order valence-electron chi connectivity index (χ4n) is 10.2. The molecule has 5 nitrogen and oxygen atoms in total. The molecule has 0 saturated heterocycles. The van der Waals surface area contributed by atoms with Gasteiger partial charge in [-0.3, -0.25) is 0 Å². The zero-order chi connectivity index (χ0) is 26.5. The van der Waals surface area contributed by atoms with Gasteiger partial charge in [0.2, 0.25) is 0 Å². The van der Waals surface area contributed by atoms with E-state index in [1.54, 1.807) is 18.2 Å². The van der Waals surface area contributed by atoms with Crippen LogP contribution in [0.5, 0.6) is 5.75 Å². The third-order valence-corrected chi connectivity index (χ3v) is 12.1. The average molecular weight is 513 g/mol. The fraction of sp³-hybridized carbons (Fsp3) is 0.781. The van der Waals surface area contributed by atoms with Gasteiger partial charge in [-0.05, 0) is 122 Å². The number of aromatic carboxylic acids is 1. The summed E-state index contributed by atoms with van der Waals surface area (Å²) in [6, 6.07) is 6.76. The number of fused-ring (bicyclic) bond motifs is 5. The number of hydrogen-bond donors (Lipinski definition) is 3. The van der Waals surface area contributed by atoms with Crippen LogP contribution in [0.2, 0.25) is 0 Å². The van der Waals surface area contributed by atoms with E-state index in [1.165, 1.54) is 25.7 Å². The van der Waals surface area contributed by atoms with Crippen LogP contribution in [0.3, 0.4) is 0 Å². The van der Waals surface area contributed by atoms with Crippen LogP contribution >= 0.6 is 0 Å². The van der Waals surface area contributed by atoms with Crippen molar-refractivity contribution in [1.29, 1.82) is 0 Å². The number of benzene rings is 1. The Bertz CT molecular complexity index is 978. The minimum Gasteiger partial charge on any atom is -0.494 e. The van der Waals surface area contributed by atoms with E-state index in [0.717, 1.165) is 32.1 Å². The predicted molar refractivity (Wildman–Crippen MR) is 144 cm³/mol. The molecule has 0 spiro atoms. The summed E-state index contributed by atoms with van der Waals surface area (Å²) >= 11 is 0. The third-order valence-electron chi connectivity index (χ3n) is 12.1. The molecule has 37 heavy (non-hydrogen) atoms. The molecule has 0 radical (unpaired) electrons. The van der Waals surface area contributed by atoms with Crippen LogP contribution in [0.1, 0.15) is 95.8 Å². The molecule has 1 aromatic rings. The third kappa shape index (κ3) is 4.52. The zero-order valence-electron chi connectivity index (χ0n) is 23.2. The van der Waals surface area contributed by atoms with Crippen molar-refractivity contribution >= 4 is 5.97 Å². The van der Waals surface area contributed by atoms with Crippen molar-refractivity contribution in [3.8, 4) is 5.75 Å². The quantitative estimate of drug-likeness (QED) is 0.393. The van der Waals surface area contributed by atoms with Crippen LogP contribution in [0.15, 0.2) is 24.3 Å². The van der Waals surface area contributed by atoms with Crippen LogP contribution in [-0.4, -0.2) is 40.1 Å². The monoisotopic (exact) mass is 512 g/mol. The average Bonchev–Trinajstić information content (AvgIpc) is 3.22. The van der Waals surface area contributed by atoms with E-state index in [4.69, 9.17) is 4.74 Å². The number of carbonyl (C=O) groups is 1. The van der Waals surface area contributed by atoms with Gasteiger partial charge < -0.3 is 20.1 Å². The second-order valence-electron chi connectivity index (χ2n) is 13.6. The van der Waals surface area contributed by atoms with E-state index in [0.29, 0.717) is 53.8 Å². The molecule has 4 fully saturated rings. The number of carboxylic acids is 1. The van der Waals surface area contributed by atoms with Crippen molar-refractivity contribution in [2.45, 2.75) is 97.7 Å². The van der Waals surface area contributed by atoms with Crippen LogP contribution in [0.25, 0.3) is 0 Å². The van der Waals surface area contributed by atoms with Crippen molar-refractivity contribution in [2.75, 3.05) is 6.61 Å². The largest absolute Gasteiger partial charge is 0.494 e. The van der Waals surface area contributed by atoms with Crippen molar-refractivity contribution in [1.82, 2.24) is 0 Å². The van der Waals surface area contributed by atoms with E-state index in [1.807, 2.05) is 6.07 Å². The van der Waals surface area contributed by atoms with Crippen molar-refractivity contribution < 1.29 is 24.9 Å². The Morgan fingerprint density at radius 1 is 1.05 bits per heavy atom. The summed E-state index contributed by atoms with van der Waals surface area (Å²) in [5.41, 5.74) is 0.751. The zero-order valence-corrected chi connectivity index (χ0v) is 23.2. The highest BCUT2D eigenvalue weighted by Crippen LogP contribution is 2.69. The molecule has 3 N–H and O–H groups in total. The highest BCUT2D eigenvalue weighted by atomic mass is 16.5. The van der Waals surface area contributed by atoms with Crippen LogP contribution in [0.4, 0.5) is 0 Å². The Hall–Kier alpha value is -1.59. The predicted octanol–water partition coefficient (Wildman–Crippen LogP) is 6.42. The molecule has 4 aliphatic carbocycles. The number of aliphatic hydroxyl groups excluding tert-OH is 2. The first-order chi connectivity index (χ1) is 17.6. The Kier molecular flexibility index (Phi) is 7.43. The first-order valence-corrected chi connectivity index (χ1v) is 14.9. The maximum absolute atomic E-state index is 11.9. The summed E-state index contributed by atoms with van der Waals surface area (Å²) in [6.45, 7) is 10.2. The fourth-order valence-corrected chi connectivity index (χ4v) is 10.2. The molecule has 3 unspecified atom stereocenters. The topological polar surface area (TPSA) is 87.0 Å². The van der Waals surface area contributed by atoms with E-state index < -0.39 is 5.97 Å². The number of hydrogen-bond acceptors (Lipinski definition) is 4. The van der Waals surface area contributed by atoms with Crippen molar-refractivity contribution in [3.63, 3.8) is 0 Å². The van der Waals surface area contributed by atoms with Gasteiger partial charge in [0.25, 0.3) is 0 Å². The lowest BCUT2D eigenvalue weighted by Crippen LogP contribution is -2.62. The number of carboxylic acid groups (broad SMARTS) is 1. The van der Waals surface area contributed by atoms with Gasteiger partial charge in [0.15, 0.2) is 0 Å². The summed E-state index contributed by atoms with van der Waals surface area (Å²) in [5.74, 6) is 3.10. The molecule has 0 aliphatic heterocycles. The first-order valence-electron chi connectivity index (χ1n) is 14.9. The van der Waals surface area contributed by atoms with E-state index in [9.17, 15) is 20.1 Å². The van der Waals surface area contributed by atoms with Gasteiger partial charge in [-0.25, -0.2) is 4.79 Å². The van der Waals surface area contributed by atoms with E-state index in [2.05, 4.69) is 27.7 Å². The highest BCUT2D eigenvalue weighted by Gasteiger charge is 2.64. The molecule has 0 heterocycles. The van der Waals surface area contributed by atoms with Crippen LogP contribution < -0.4 is 4.74 Å². The number of aliphatic hydroxyl groups is 2. The molecular formula is C32H48O5. The second kappa shape index (κ2) is 10.2. The SMILES string of the molecule is CC[C@H]1[C@@H](O)C2C3CC[C@H]([C@H](C)CCOc4cccc(C(=O)O)c4)[C@@]3(C)CCC2[C@@]2(C)CC[C@@H](O)C[C@@H]12. The van der Waals surface area contributed by atoms with E-state index >= 15 is 0 Å². The van der Waals surface area contributed by atoms with Gasteiger partial charge >= 0.3 is 5.97 Å². The number of rotatable bonds is 7. The standard InChI is InChI=1S/C32H48O5/c1-5-23-27-18-21(33)11-14-32(27,4)26-12-15-31(3)24(9-10-25(31)28(26)29(23)34)19(2)13-16-37-22-8-6-7-20(17-22)30(35)36/h6-8,17,19,21,23-29,33-34H,5,9-16,18H2,1-4H3,(H,35,36)/t19-,21-,23-,24-,25?,26?,27+,28?,29-,31-,32-/m1/s1. The molecule has 5 heteroatoms. The molecule has 4 aliphatic rings. The van der Waals surface area contributed by atoms with Crippen LogP contribution in [0, 0.1) is 52.3 Å². The van der Waals surface area contributed by atoms with Gasteiger partial charge in [0, 0.05) is 0 Å². The maximum Gasteiger partial charge on any atom is 0.335 e. The van der Waals surface area contributed by atoms with Crippen LogP contribution in [-0.2, 0) is 0 Å². The Morgan fingerprint density at radius 2 is 1.78 bits per heavy atom. The summed E-state index contributed by atoms with van der Waals surface area (Å²) in [6.07, 6.45) is 9.28. The molecule has 4 saturated carbocycles. The minimum atomic E-state index is -0.931. The second-order valence-corrected chi connectivity index (χ2v) is 13.6. The van der Waals surface area contributed by atoms with E-state index in [-0.39, 0.29) is 28.6 Å².